The summed E-state index contributed by atoms with van der Waals surface area (Å²) in [5.74, 6) is 6.21. The maximum absolute atomic E-state index is 11.8. The van der Waals surface area contributed by atoms with Crippen LogP contribution in [0.1, 0.15) is 80.6 Å². The Balaban J connectivity index is 1.92. The fourth-order valence-corrected chi connectivity index (χ4v) is 3.77. The molecule has 29 heavy (non-hydrogen) atoms. The van der Waals surface area contributed by atoms with Gasteiger partial charge in [-0.1, -0.05) is 58.6 Å². The van der Waals surface area contributed by atoms with Gasteiger partial charge in [-0.25, -0.2) is 4.79 Å². The second-order valence-electron chi connectivity index (χ2n) is 9.26. The van der Waals surface area contributed by atoms with Gasteiger partial charge in [0.2, 0.25) is 0 Å². The quantitative estimate of drug-likeness (QED) is 0.442. The number of hydrogen-bond acceptors (Lipinski definition) is 2. The van der Waals surface area contributed by atoms with Crippen molar-refractivity contribution in [1.29, 1.82) is 0 Å². The molecule has 0 N–H and O–H groups in total. The van der Waals surface area contributed by atoms with E-state index in [1.54, 1.807) is 19.1 Å². The lowest BCUT2D eigenvalue weighted by atomic mass is 9.68. The summed E-state index contributed by atoms with van der Waals surface area (Å²) in [6, 6.07) is 13.8. The number of fused-ring (bicyclic) bond motifs is 1. The predicted octanol–water partition coefficient (Wildman–Crippen LogP) is 6.37. The second kappa shape index (κ2) is 7.91. The minimum atomic E-state index is -0.300. The highest BCUT2D eigenvalue weighted by atomic mass is 16.5. The third-order valence-corrected chi connectivity index (χ3v) is 5.41. The third kappa shape index (κ3) is 4.62. The molecule has 1 aliphatic rings. The number of carbonyl (C=O) groups is 1. The first-order valence-corrected chi connectivity index (χ1v) is 10.3. The molecule has 0 bridgehead atoms. The predicted molar refractivity (Wildman–Crippen MR) is 120 cm³/mol. The van der Waals surface area contributed by atoms with Crippen molar-refractivity contribution in [2.45, 2.75) is 53.4 Å². The van der Waals surface area contributed by atoms with Gasteiger partial charge in [0.05, 0.1) is 12.2 Å². The lowest BCUT2D eigenvalue weighted by Gasteiger charge is -2.36. The molecule has 2 nitrogen and oxygen atoms in total. The first kappa shape index (κ1) is 20.9. The topological polar surface area (TPSA) is 26.3 Å². The van der Waals surface area contributed by atoms with Crippen LogP contribution in [0.5, 0.6) is 0 Å². The van der Waals surface area contributed by atoms with Crippen LogP contribution in [0.15, 0.2) is 48.5 Å². The van der Waals surface area contributed by atoms with Crippen molar-refractivity contribution in [1.82, 2.24) is 0 Å². The Kier molecular flexibility index (Phi) is 5.71. The minimum Gasteiger partial charge on any atom is -0.462 e. The van der Waals surface area contributed by atoms with E-state index < -0.39 is 0 Å². The van der Waals surface area contributed by atoms with Crippen LogP contribution < -0.4 is 0 Å². The molecule has 0 saturated carbocycles. The van der Waals surface area contributed by atoms with Crippen LogP contribution in [0.2, 0.25) is 0 Å². The normalized spacial score (nSPS) is 14.9. The van der Waals surface area contributed by atoms with Crippen molar-refractivity contribution < 1.29 is 9.53 Å². The summed E-state index contributed by atoms with van der Waals surface area (Å²) < 4.78 is 5.02. The molecular weight excluding hydrogens is 356 g/mol. The van der Waals surface area contributed by atoms with Gasteiger partial charge >= 0.3 is 5.97 Å². The van der Waals surface area contributed by atoms with Gasteiger partial charge in [0.25, 0.3) is 0 Å². The zero-order valence-corrected chi connectivity index (χ0v) is 18.3. The Labute approximate surface area is 175 Å². The molecule has 2 aromatic rings. The average molecular weight is 387 g/mol. The Morgan fingerprint density at radius 2 is 1.66 bits per heavy atom. The summed E-state index contributed by atoms with van der Waals surface area (Å²) in [6.07, 6.45) is 3.46. The zero-order valence-electron chi connectivity index (χ0n) is 18.3. The van der Waals surface area contributed by atoms with Crippen molar-refractivity contribution in [3.63, 3.8) is 0 Å². The van der Waals surface area contributed by atoms with E-state index >= 15 is 0 Å². The van der Waals surface area contributed by atoms with Crippen LogP contribution >= 0.6 is 0 Å². The van der Waals surface area contributed by atoms with Crippen LogP contribution in [-0.2, 0) is 10.2 Å². The minimum absolute atomic E-state index is 0.0975. The number of rotatable bonds is 2. The highest BCUT2D eigenvalue weighted by Gasteiger charge is 2.32. The molecule has 0 heterocycles. The van der Waals surface area contributed by atoms with Crippen molar-refractivity contribution in [3.05, 3.63) is 76.4 Å². The monoisotopic (exact) mass is 386 g/mol. The summed E-state index contributed by atoms with van der Waals surface area (Å²) in [7, 11) is 0. The van der Waals surface area contributed by atoms with Crippen LogP contribution in [-0.4, -0.2) is 12.6 Å². The Morgan fingerprint density at radius 1 is 1.03 bits per heavy atom. The van der Waals surface area contributed by atoms with E-state index in [4.69, 9.17) is 4.74 Å². The van der Waals surface area contributed by atoms with Crippen molar-refractivity contribution >= 4 is 11.5 Å². The van der Waals surface area contributed by atoms with Crippen molar-refractivity contribution in [2.75, 3.05) is 6.61 Å². The van der Waals surface area contributed by atoms with Crippen LogP contribution in [0.3, 0.4) is 0 Å². The van der Waals surface area contributed by atoms with Gasteiger partial charge in [0, 0.05) is 11.1 Å². The number of allylic oxidation sites excluding steroid dienone is 2. The average Bonchev–Trinajstić information content (AvgIpc) is 2.65. The van der Waals surface area contributed by atoms with Gasteiger partial charge in [-0.05, 0) is 77.3 Å². The van der Waals surface area contributed by atoms with Crippen LogP contribution in [0.4, 0.5) is 0 Å². The molecule has 0 saturated heterocycles. The molecular formula is C27H30O2. The van der Waals surface area contributed by atoms with Crippen molar-refractivity contribution in [3.8, 4) is 11.8 Å². The number of benzene rings is 2. The number of ether oxygens (including phenoxy) is 1. The molecule has 2 aromatic carbocycles. The van der Waals surface area contributed by atoms with Gasteiger partial charge in [0.1, 0.15) is 0 Å². The lowest BCUT2D eigenvalue weighted by Crippen LogP contribution is -2.25. The summed E-state index contributed by atoms with van der Waals surface area (Å²) in [5.41, 5.74) is 6.78. The number of carbonyl (C=O) groups excluding carboxylic acids is 1. The molecule has 0 radical (unpaired) electrons. The smallest absolute Gasteiger partial charge is 0.338 e. The van der Waals surface area contributed by atoms with Gasteiger partial charge < -0.3 is 4.74 Å². The van der Waals surface area contributed by atoms with Gasteiger partial charge in [0.15, 0.2) is 0 Å². The first-order valence-electron chi connectivity index (χ1n) is 10.3. The molecule has 150 valence electrons. The SMILES string of the molecule is CCOC(=O)c1ccc(C#Cc2ccc3c(c2)C(C(C)(C)C)=CCC3(C)C)cc1. The fraction of sp³-hybridized carbons (Fsp3) is 0.370. The lowest BCUT2D eigenvalue weighted by molar-refractivity contribution is 0.0526. The van der Waals surface area contributed by atoms with Gasteiger partial charge in [-0.3, -0.25) is 0 Å². The maximum Gasteiger partial charge on any atom is 0.338 e. The van der Waals surface area contributed by atoms with Crippen molar-refractivity contribution in [2.24, 2.45) is 5.41 Å². The van der Waals surface area contributed by atoms with Gasteiger partial charge in [-0.15, -0.1) is 0 Å². The van der Waals surface area contributed by atoms with E-state index in [9.17, 15) is 4.79 Å². The molecule has 0 atom stereocenters. The molecule has 0 fully saturated rings. The standard InChI is InChI=1S/C27H30O2/c1-7-29-25(28)21-13-10-19(11-14-21)8-9-20-12-15-24-22(18-20)23(26(2,3)4)16-17-27(24,5)6/h10-16,18H,7,17H2,1-6H3. The first-order chi connectivity index (χ1) is 13.6. The van der Waals surface area contributed by atoms with E-state index in [0.717, 1.165) is 17.5 Å². The Morgan fingerprint density at radius 3 is 2.28 bits per heavy atom. The van der Waals surface area contributed by atoms with Crippen LogP contribution in [0, 0.1) is 17.3 Å². The summed E-state index contributed by atoms with van der Waals surface area (Å²) in [6.45, 7) is 13.6. The summed E-state index contributed by atoms with van der Waals surface area (Å²) in [5, 5.41) is 0. The highest BCUT2D eigenvalue weighted by molar-refractivity contribution is 5.89. The molecule has 1 aliphatic carbocycles. The maximum atomic E-state index is 11.8. The summed E-state index contributed by atoms with van der Waals surface area (Å²) in [4.78, 5) is 11.8. The molecule has 0 aliphatic heterocycles. The zero-order chi connectivity index (χ0) is 21.2. The molecule has 3 rings (SSSR count). The van der Waals surface area contributed by atoms with E-state index in [-0.39, 0.29) is 16.8 Å². The molecule has 0 aromatic heterocycles. The molecule has 0 amide bonds. The molecule has 0 unspecified atom stereocenters. The van der Waals surface area contributed by atoms with E-state index in [2.05, 4.69) is 70.7 Å². The molecule has 0 spiro atoms. The highest BCUT2D eigenvalue weighted by Crippen LogP contribution is 2.45. The molecule has 2 heteroatoms. The van der Waals surface area contributed by atoms with Crippen LogP contribution in [0.25, 0.3) is 5.57 Å². The number of hydrogen-bond donors (Lipinski definition) is 0. The Hall–Kier alpha value is -2.79. The Bertz CT molecular complexity index is 1000. The summed E-state index contributed by atoms with van der Waals surface area (Å²) >= 11 is 0. The second-order valence-corrected chi connectivity index (χ2v) is 9.26. The number of esters is 1. The van der Waals surface area contributed by atoms with E-state index in [1.165, 1.54) is 16.7 Å². The van der Waals surface area contributed by atoms with Gasteiger partial charge in [-0.2, -0.15) is 0 Å². The van der Waals surface area contributed by atoms with E-state index in [1.807, 2.05) is 12.1 Å². The third-order valence-electron chi connectivity index (χ3n) is 5.41. The fourth-order valence-electron chi connectivity index (χ4n) is 3.77. The van der Waals surface area contributed by atoms with E-state index in [0.29, 0.717) is 12.2 Å². The largest absolute Gasteiger partial charge is 0.462 e.